The number of rotatable bonds is 20. The van der Waals surface area contributed by atoms with Crippen LogP contribution in [0.5, 0.6) is 0 Å². The Kier molecular flexibility index (Phi) is 18.3. The Labute approximate surface area is 312 Å². The molecule has 3 aliphatic rings. The summed E-state index contributed by atoms with van der Waals surface area (Å²) in [4.78, 5) is 37.0. The SMILES string of the molecule is CCCCCCCCO[C@H]1O[C@H](CO)[C@H](O)[C@H](O[C@@H]2O[C@H](CO)[C@H](O)[C@H](O[C@]3(C(=O)O)C[C@H](O)[C@@H](NC(C)=O)[C@H]([C@H](O)[C@H](O)CO)O3)[C@H]2O)[C@H]1NC(C)=O. The number of ether oxygens (including phenoxy) is 6. The summed E-state index contributed by atoms with van der Waals surface area (Å²) in [6.45, 7) is 1.75. The minimum atomic E-state index is -3.03. The van der Waals surface area contributed by atoms with Crippen LogP contribution in [0.15, 0.2) is 0 Å². The standard InChI is InChI=1S/C33H58N2O19/c1-4-5-6-7-8-9-10-49-30-22(35-16(3)40)27(24(44)19(13-37)50-30)52-31-26(46)29(25(45)20(14-38)51-31)54-33(32(47)48)11-17(41)21(34-15(2)39)28(53-33)23(43)18(42)12-36/h17-31,36-38,41-46H,4-14H2,1-3H3,(H,34,39)(H,35,40)(H,47,48)/t17-,18+,19+,20+,21+,22+,23+,24-,25-,26+,27+,28+,29-,30-,31-,33-/m0/s1. The van der Waals surface area contributed by atoms with Gasteiger partial charge in [0.05, 0.1) is 32.0 Å². The molecule has 3 saturated heterocycles. The van der Waals surface area contributed by atoms with Gasteiger partial charge in [0.2, 0.25) is 11.8 Å². The Morgan fingerprint density at radius 2 is 1.35 bits per heavy atom. The van der Waals surface area contributed by atoms with Crippen LogP contribution < -0.4 is 10.6 Å². The third-order valence-electron chi connectivity index (χ3n) is 9.63. The lowest BCUT2D eigenvalue weighted by Crippen LogP contribution is -2.71. The average molecular weight is 787 g/mol. The van der Waals surface area contributed by atoms with Crippen molar-refractivity contribution < 1.29 is 93.9 Å². The molecule has 12 N–H and O–H groups in total. The Morgan fingerprint density at radius 1 is 0.796 bits per heavy atom. The molecule has 0 spiro atoms. The molecule has 0 aromatic rings. The summed E-state index contributed by atoms with van der Waals surface area (Å²) in [7, 11) is 0. The molecule has 0 aromatic carbocycles. The van der Waals surface area contributed by atoms with Gasteiger partial charge in [0.15, 0.2) is 12.6 Å². The third-order valence-corrected chi connectivity index (χ3v) is 9.63. The molecular formula is C33H58N2O19. The first-order valence-electron chi connectivity index (χ1n) is 18.2. The van der Waals surface area contributed by atoms with Crippen molar-refractivity contribution in [3.05, 3.63) is 0 Å². The van der Waals surface area contributed by atoms with Gasteiger partial charge >= 0.3 is 5.97 Å². The number of unbranched alkanes of at least 4 members (excludes halogenated alkanes) is 5. The van der Waals surface area contributed by atoms with E-state index in [1.165, 1.54) is 6.92 Å². The minimum Gasteiger partial charge on any atom is -0.477 e. The van der Waals surface area contributed by atoms with Crippen molar-refractivity contribution in [2.45, 2.75) is 163 Å². The summed E-state index contributed by atoms with van der Waals surface area (Å²) >= 11 is 0. The van der Waals surface area contributed by atoms with E-state index in [0.29, 0.717) is 6.42 Å². The van der Waals surface area contributed by atoms with Crippen LogP contribution in [0.25, 0.3) is 0 Å². The number of hydrogen-bond acceptors (Lipinski definition) is 18. The van der Waals surface area contributed by atoms with E-state index < -0.39 is 142 Å². The van der Waals surface area contributed by atoms with Crippen molar-refractivity contribution in [3.8, 4) is 0 Å². The maximum Gasteiger partial charge on any atom is 0.364 e. The molecule has 21 nitrogen and oxygen atoms in total. The van der Waals surface area contributed by atoms with Gasteiger partial charge in [0, 0.05) is 26.9 Å². The predicted octanol–water partition coefficient (Wildman–Crippen LogP) is -4.69. The maximum absolute atomic E-state index is 12.8. The summed E-state index contributed by atoms with van der Waals surface area (Å²) in [6.07, 6.45) is -19.0. The van der Waals surface area contributed by atoms with E-state index in [-0.39, 0.29) is 6.61 Å². The highest BCUT2D eigenvalue weighted by atomic mass is 16.8. The summed E-state index contributed by atoms with van der Waals surface area (Å²) in [5.74, 6) is -6.33. The topological polar surface area (TPSA) is 333 Å². The second-order valence-corrected chi connectivity index (χ2v) is 13.8. The number of aliphatic hydroxyl groups excluding tert-OH is 9. The van der Waals surface area contributed by atoms with Crippen LogP contribution in [-0.4, -0.2) is 193 Å². The van der Waals surface area contributed by atoms with Crippen LogP contribution in [0.2, 0.25) is 0 Å². The lowest BCUT2D eigenvalue weighted by Gasteiger charge is -2.51. The number of aliphatic carboxylic acids is 1. The fourth-order valence-corrected chi connectivity index (χ4v) is 6.77. The van der Waals surface area contributed by atoms with Crippen LogP contribution in [0.3, 0.4) is 0 Å². The first-order valence-corrected chi connectivity index (χ1v) is 18.2. The maximum atomic E-state index is 12.8. The van der Waals surface area contributed by atoms with E-state index in [0.717, 1.165) is 39.0 Å². The number of carboxylic acid groups (broad SMARTS) is 1. The van der Waals surface area contributed by atoms with Gasteiger partial charge < -0.3 is 90.1 Å². The number of amides is 2. The molecule has 0 aliphatic carbocycles. The highest BCUT2D eigenvalue weighted by Crippen LogP contribution is 2.38. The van der Waals surface area contributed by atoms with Crippen molar-refractivity contribution in [1.29, 1.82) is 0 Å². The number of carbonyl (C=O) groups is 3. The average Bonchev–Trinajstić information content (AvgIpc) is 3.12. The zero-order chi connectivity index (χ0) is 40.3. The van der Waals surface area contributed by atoms with E-state index in [4.69, 9.17) is 28.4 Å². The number of carbonyl (C=O) groups excluding carboxylic acids is 2. The lowest BCUT2D eigenvalue weighted by atomic mass is 9.88. The minimum absolute atomic E-state index is 0.169. The Balaban J connectivity index is 1.93. The number of nitrogens with one attached hydrogen (secondary N) is 2. The van der Waals surface area contributed by atoms with Crippen LogP contribution in [-0.2, 0) is 42.8 Å². The molecule has 3 rings (SSSR count). The Hall–Kier alpha value is -2.19. The second kappa shape index (κ2) is 21.4. The largest absolute Gasteiger partial charge is 0.477 e. The summed E-state index contributed by atoms with van der Waals surface area (Å²) in [5, 5.41) is 111. The molecule has 314 valence electrons. The molecule has 3 heterocycles. The van der Waals surface area contributed by atoms with Gasteiger partial charge in [-0.2, -0.15) is 0 Å². The van der Waals surface area contributed by atoms with Crippen molar-refractivity contribution >= 4 is 17.8 Å². The zero-order valence-electron chi connectivity index (χ0n) is 30.6. The van der Waals surface area contributed by atoms with E-state index in [2.05, 4.69) is 17.6 Å². The Bertz CT molecular complexity index is 1190. The predicted molar refractivity (Wildman–Crippen MR) is 179 cm³/mol. The van der Waals surface area contributed by atoms with E-state index in [9.17, 15) is 65.4 Å². The quantitative estimate of drug-likeness (QED) is 0.0516. The first-order chi connectivity index (χ1) is 25.5. The van der Waals surface area contributed by atoms with E-state index in [1.54, 1.807) is 0 Å². The van der Waals surface area contributed by atoms with Crippen molar-refractivity contribution in [3.63, 3.8) is 0 Å². The molecule has 0 saturated carbocycles. The first kappa shape index (κ1) is 46.2. The number of aliphatic hydroxyl groups is 9. The van der Waals surface area contributed by atoms with Crippen LogP contribution >= 0.6 is 0 Å². The third kappa shape index (κ3) is 11.4. The highest BCUT2D eigenvalue weighted by molar-refractivity contribution is 5.76. The van der Waals surface area contributed by atoms with Gasteiger partial charge in [-0.15, -0.1) is 0 Å². The smallest absolute Gasteiger partial charge is 0.364 e. The van der Waals surface area contributed by atoms with E-state index in [1.807, 2.05) is 0 Å². The van der Waals surface area contributed by atoms with Crippen LogP contribution in [0, 0.1) is 0 Å². The summed E-state index contributed by atoms with van der Waals surface area (Å²) in [5.41, 5.74) is 0. The zero-order valence-corrected chi connectivity index (χ0v) is 30.6. The lowest BCUT2D eigenvalue weighted by molar-refractivity contribution is -0.381. The van der Waals surface area contributed by atoms with E-state index >= 15 is 0 Å². The normalized spacial score (nSPS) is 38.3. The number of carboxylic acids is 1. The van der Waals surface area contributed by atoms with Gasteiger partial charge in [0.1, 0.15) is 67.1 Å². The molecule has 0 radical (unpaired) electrons. The summed E-state index contributed by atoms with van der Waals surface area (Å²) in [6, 6.07) is -2.83. The second-order valence-electron chi connectivity index (χ2n) is 13.8. The molecule has 3 fully saturated rings. The molecule has 54 heavy (non-hydrogen) atoms. The monoisotopic (exact) mass is 786 g/mol. The molecular weight excluding hydrogens is 728 g/mol. The molecule has 16 atom stereocenters. The molecule has 0 unspecified atom stereocenters. The van der Waals surface area contributed by atoms with Crippen molar-refractivity contribution in [2.24, 2.45) is 0 Å². The fraction of sp³-hybridized carbons (Fsp3) is 0.909. The Morgan fingerprint density at radius 3 is 1.91 bits per heavy atom. The van der Waals surface area contributed by atoms with Gasteiger partial charge in [-0.25, -0.2) is 4.79 Å². The fourth-order valence-electron chi connectivity index (χ4n) is 6.77. The van der Waals surface area contributed by atoms with Crippen LogP contribution in [0.4, 0.5) is 0 Å². The van der Waals surface area contributed by atoms with Crippen LogP contribution in [0.1, 0.15) is 65.7 Å². The highest BCUT2D eigenvalue weighted by Gasteiger charge is 2.60. The van der Waals surface area contributed by atoms with Gasteiger partial charge in [-0.1, -0.05) is 39.0 Å². The van der Waals surface area contributed by atoms with Gasteiger partial charge in [-0.3, -0.25) is 9.59 Å². The molecule has 0 aromatic heterocycles. The summed E-state index contributed by atoms with van der Waals surface area (Å²) < 4.78 is 34.6. The molecule has 0 bridgehead atoms. The molecule has 3 aliphatic heterocycles. The molecule has 2 amide bonds. The number of hydrogen-bond donors (Lipinski definition) is 12. The molecule has 21 heteroatoms. The van der Waals surface area contributed by atoms with Gasteiger partial charge in [0.25, 0.3) is 5.79 Å². The van der Waals surface area contributed by atoms with Crippen molar-refractivity contribution in [2.75, 3.05) is 26.4 Å². The van der Waals surface area contributed by atoms with Gasteiger partial charge in [-0.05, 0) is 6.42 Å². The van der Waals surface area contributed by atoms with Crippen molar-refractivity contribution in [1.82, 2.24) is 10.6 Å².